The molecule has 0 aromatic heterocycles. The van der Waals surface area contributed by atoms with E-state index in [4.69, 9.17) is 5.11 Å². The number of rotatable bonds is 4. The van der Waals surface area contributed by atoms with Crippen LogP contribution < -0.4 is 0 Å². The molecule has 1 saturated heterocycles. The molecule has 1 heterocycles. The van der Waals surface area contributed by atoms with Gasteiger partial charge in [-0.1, -0.05) is 19.3 Å². The molecule has 2 fully saturated rings. The molecule has 4 heteroatoms. The molecule has 0 aromatic carbocycles. The first-order valence-electron chi connectivity index (χ1n) is 7.28. The molecule has 4 nitrogen and oxygen atoms in total. The first-order valence-corrected chi connectivity index (χ1v) is 7.28. The summed E-state index contributed by atoms with van der Waals surface area (Å²) in [6.45, 7) is 4.35. The summed E-state index contributed by atoms with van der Waals surface area (Å²) in [6, 6.07) is 0. The Balaban J connectivity index is 1.94. The van der Waals surface area contributed by atoms with E-state index in [0.717, 1.165) is 26.1 Å². The van der Waals surface area contributed by atoms with E-state index in [2.05, 4.69) is 16.8 Å². The maximum absolute atomic E-state index is 10.6. The van der Waals surface area contributed by atoms with E-state index in [-0.39, 0.29) is 0 Å². The molecule has 0 bridgehead atoms. The summed E-state index contributed by atoms with van der Waals surface area (Å²) in [6.07, 6.45) is 7.74. The van der Waals surface area contributed by atoms with Gasteiger partial charge in [-0.3, -0.25) is 9.69 Å². The van der Waals surface area contributed by atoms with Crippen molar-refractivity contribution >= 4 is 5.97 Å². The normalized spacial score (nSPS) is 25.4. The highest BCUT2D eigenvalue weighted by molar-refractivity contribution is 5.66. The minimum absolute atomic E-state index is 0.308. The standard InChI is InChI=1S/C14H26N2O2/c1-15-10-11-16(9-5-6-13(17)18)14(12-15)7-3-2-4-8-14/h2-12H2,1H3,(H,17,18). The molecule has 1 aliphatic heterocycles. The number of hydrogen-bond acceptors (Lipinski definition) is 3. The average molecular weight is 254 g/mol. The van der Waals surface area contributed by atoms with Crippen LogP contribution in [0.1, 0.15) is 44.9 Å². The van der Waals surface area contributed by atoms with Gasteiger partial charge in [0.05, 0.1) is 0 Å². The van der Waals surface area contributed by atoms with Crippen molar-refractivity contribution in [1.82, 2.24) is 9.80 Å². The number of hydrogen-bond donors (Lipinski definition) is 1. The molecule has 0 unspecified atom stereocenters. The Morgan fingerprint density at radius 1 is 1.22 bits per heavy atom. The fourth-order valence-corrected chi connectivity index (χ4v) is 3.66. The Kier molecular flexibility index (Phi) is 4.62. The van der Waals surface area contributed by atoms with Gasteiger partial charge in [0.2, 0.25) is 0 Å². The topological polar surface area (TPSA) is 43.8 Å². The van der Waals surface area contributed by atoms with Crippen molar-refractivity contribution in [3.63, 3.8) is 0 Å². The highest BCUT2D eigenvalue weighted by Gasteiger charge is 2.40. The molecular weight excluding hydrogens is 228 g/mol. The molecule has 1 saturated carbocycles. The predicted octanol–water partition coefficient (Wildman–Crippen LogP) is 1.80. The molecule has 2 rings (SSSR count). The van der Waals surface area contributed by atoms with Crippen LogP contribution in [-0.4, -0.2) is 59.6 Å². The number of carboxylic acid groups (broad SMARTS) is 1. The van der Waals surface area contributed by atoms with E-state index in [9.17, 15) is 4.79 Å². The first-order chi connectivity index (χ1) is 8.62. The van der Waals surface area contributed by atoms with Crippen LogP contribution in [0, 0.1) is 0 Å². The second kappa shape index (κ2) is 6.02. The lowest BCUT2D eigenvalue weighted by molar-refractivity contribution is -0.137. The summed E-state index contributed by atoms with van der Waals surface area (Å²) >= 11 is 0. The number of piperazine rings is 1. The number of carboxylic acids is 1. The maximum atomic E-state index is 10.6. The van der Waals surface area contributed by atoms with Crippen LogP contribution in [-0.2, 0) is 4.79 Å². The van der Waals surface area contributed by atoms with Crippen molar-refractivity contribution in [2.45, 2.75) is 50.5 Å². The summed E-state index contributed by atoms with van der Waals surface area (Å²) in [7, 11) is 2.21. The van der Waals surface area contributed by atoms with Gasteiger partial charge in [0.1, 0.15) is 0 Å². The lowest BCUT2D eigenvalue weighted by atomic mass is 9.78. The first kappa shape index (κ1) is 13.8. The Hall–Kier alpha value is -0.610. The SMILES string of the molecule is CN1CCN(CCCC(=O)O)C2(CCCCC2)C1. The maximum Gasteiger partial charge on any atom is 0.303 e. The minimum Gasteiger partial charge on any atom is -0.481 e. The summed E-state index contributed by atoms with van der Waals surface area (Å²) in [5.41, 5.74) is 0.351. The van der Waals surface area contributed by atoms with E-state index in [0.29, 0.717) is 12.0 Å². The number of likely N-dealkylation sites (N-methyl/N-ethyl adjacent to an activating group) is 1. The van der Waals surface area contributed by atoms with Crippen LogP contribution >= 0.6 is 0 Å². The zero-order valence-electron chi connectivity index (χ0n) is 11.5. The Morgan fingerprint density at radius 2 is 1.94 bits per heavy atom. The Bertz CT molecular complexity index is 288. The van der Waals surface area contributed by atoms with Crippen LogP contribution in [0.2, 0.25) is 0 Å². The molecule has 104 valence electrons. The van der Waals surface area contributed by atoms with Gasteiger partial charge in [-0.05, 0) is 32.9 Å². The van der Waals surface area contributed by atoms with Crippen molar-refractivity contribution in [3.05, 3.63) is 0 Å². The average Bonchev–Trinajstić information content (AvgIpc) is 2.33. The van der Waals surface area contributed by atoms with Crippen molar-refractivity contribution in [2.24, 2.45) is 0 Å². The van der Waals surface area contributed by atoms with Crippen LogP contribution in [0.3, 0.4) is 0 Å². The van der Waals surface area contributed by atoms with Crippen molar-refractivity contribution in [3.8, 4) is 0 Å². The highest BCUT2D eigenvalue weighted by atomic mass is 16.4. The third kappa shape index (κ3) is 3.23. The molecule has 0 radical (unpaired) electrons. The van der Waals surface area contributed by atoms with Gasteiger partial charge in [0, 0.05) is 31.6 Å². The van der Waals surface area contributed by atoms with E-state index in [1.54, 1.807) is 0 Å². The quantitative estimate of drug-likeness (QED) is 0.831. The zero-order valence-corrected chi connectivity index (χ0v) is 11.5. The third-order valence-corrected chi connectivity index (χ3v) is 4.59. The Morgan fingerprint density at radius 3 is 2.61 bits per heavy atom. The lowest BCUT2D eigenvalue weighted by Gasteiger charge is -2.52. The second-order valence-corrected chi connectivity index (χ2v) is 6.01. The molecular formula is C14H26N2O2. The molecule has 0 amide bonds. The third-order valence-electron chi connectivity index (χ3n) is 4.59. The number of carbonyl (C=O) groups is 1. The van der Waals surface area contributed by atoms with Gasteiger partial charge in [0.15, 0.2) is 0 Å². The predicted molar refractivity (Wildman–Crippen MR) is 71.8 cm³/mol. The van der Waals surface area contributed by atoms with Gasteiger partial charge in [-0.25, -0.2) is 0 Å². The van der Waals surface area contributed by atoms with E-state index in [1.165, 1.54) is 38.6 Å². The van der Waals surface area contributed by atoms with Crippen LogP contribution in [0.15, 0.2) is 0 Å². The van der Waals surface area contributed by atoms with Crippen molar-refractivity contribution in [1.29, 1.82) is 0 Å². The van der Waals surface area contributed by atoms with E-state index >= 15 is 0 Å². The van der Waals surface area contributed by atoms with E-state index in [1.807, 2.05) is 0 Å². The molecule has 0 atom stereocenters. The fourth-order valence-electron chi connectivity index (χ4n) is 3.66. The zero-order chi connectivity index (χ0) is 13.0. The Labute approximate surface area is 110 Å². The van der Waals surface area contributed by atoms with Crippen molar-refractivity contribution < 1.29 is 9.90 Å². The number of aliphatic carboxylic acids is 1. The summed E-state index contributed by atoms with van der Waals surface area (Å²) in [5.74, 6) is -0.665. The molecule has 1 spiro atoms. The van der Waals surface area contributed by atoms with Crippen LogP contribution in [0.4, 0.5) is 0 Å². The summed E-state index contributed by atoms with van der Waals surface area (Å²) < 4.78 is 0. The van der Waals surface area contributed by atoms with Gasteiger partial charge in [-0.2, -0.15) is 0 Å². The summed E-state index contributed by atoms with van der Waals surface area (Å²) in [4.78, 5) is 15.7. The monoisotopic (exact) mass is 254 g/mol. The largest absolute Gasteiger partial charge is 0.481 e. The summed E-state index contributed by atoms with van der Waals surface area (Å²) in [5, 5.41) is 8.76. The molecule has 2 aliphatic rings. The van der Waals surface area contributed by atoms with Gasteiger partial charge in [-0.15, -0.1) is 0 Å². The van der Waals surface area contributed by atoms with Crippen molar-refractivity contribution in [2.75, 3.05) is 33.2 Å². The smallest absolute Gasteiger partial charge is 0.303 e. The lowest BCUT2D eigenvalue weighted by Crippen LogP contribution is -2.62. The van der Waals surface area contributed by atoms with E-state index < -0.39 is 5.97 Å². The highest BCUT2D eigenvalue weighted by Crippen LogP contribution is 2.36. The van der Waals surface area contributed by atoms with Crippen LogP contribution in [0.25, 0.3) is 0 Å². The molecule has 1 N–H and O–H groups in total. The number of nitrogens with zero attached hydrogens (tertiary/aromatic N) is 2. The fraction of sp³-hybridized carbons (Fsp3) is 0.929. The molecule has 0 aromatic rings. The van der Waals surface area contributed by atoms with Crippen LogP contribution in [0.5, 0.6) is 0 Å². The second-order valence-electron chi connectivity index (χ2n) is 6.01. The van der Waals surface area contributed by atoms with Gasteiger partial charge >= 0.3 is 5.97 Å². The minimum atomic E-state index is -0.665. The molecule has 1 aliphatic carbocycles. The van der Waals surface area contributed by atoms with Gasteiger partial charge in [0.25, 0.3) is 0 Å². The van der Waals surface area contributed by atoms with Gasteiger partial charge < -0.3 is 10.0 Å². The molecule has 18 heavy (non-hydrogen) atoms.